The molecule has 1 aromatic heterocycles. The van der Waals surface area contributed by atoms with Gasteiger partial charge in [0.05, 0.1) is 4.92 Å². The van der Waals surface area contributed by atoms with E-state index in [0.29, 0.717) is 34.3 Å². The molecule has 23 heavy (non-hydrogen) atoms. The van der Waals surface area contributed by atoms with Crippen LogP contribution < -0.4 is 9.47 Å². The van der Waals surface area contributed by atoms with Gasteiger partial charge in [-0.05, 0) is 30.3 Å². The van der Waals surface area contributed by atoms with Crippen LogP contribution in [0.15, 0.2) is 47.0 Å². The Morgan fingerprint density at radius 1 is 1.00 bits per heavy atom. The molecule has 0 saturated carbocycles. The molecule has 8 heteroatoms. The second-order valence-electron chi connectivity index (χ2n) is 4.80. The third-order valence-electron chi connectivity index (χ3n) is 3.38. The maximum Gasteiger partial charge on any atom is 0.269 e. The first-order valence-electron chi connectivity index (χ1n) is 6.69. The lowest BCUT2D eigenvalue weighted by Gasteiger charge is -1.97. The quantitative estimate of drug-likeness (QED) is 0.541. The highest BCUT2D eigenvalue weighted by Crippen LogP contribution is 2.35. The van der Waals surface area contributed by atoms with Crippen LogP contribution in [0, 0.1) is 10.1 Å². The van der Waals surface area contributed by atoms with Gasteiger partial charge in [-0.15, -0.1) is 0 Å². The van der Waals surface area contributed by atoms with Crippen molar-refractivity contribution in [1.82, 2.24) is 10.1 Å². The van der Waals surface area contributed by atoms with Gasteiger partial charge in [-0.2, -0.15) is 4.98 Å². The molecule has 114 valence electrons. The van der Waals surface area contributed by atoms with Crippen molar-refractivity contribution >= 4 is 5.69 Å². The first-order chi connectivity index (χ1) is 11.2. The molecule has 0 spiro atoms. The molecule has 0 atom stereocenters. The lowest BCUT2D eigenvalue weighted by atomic mass is 10.2. The number of nitrogens with zero attached hydrogens (tertiary/aromatic N) is 3. The summed E-state index contributed by atoms with van der Waals surface area (Å²) >= 11 is 0. The van der Waals surface area contributed by atoms with Crippen molar-refractivity contribution in [2.75, 3.05) is 6.79 Å². The van der Waals surface area contributed by atoms with E-state index in [2.05, 4.69) is 10.1 Å². The summed E-state index contributed by atoms with van der Waals surface area (Å²) in [5, 5.41) is 14.6. The fourth-order valence-corrected chi connectivity index (χ4v) is 2.22. The minimum absolute atomic E-state index is 0.00763. The van der Waals surface area contributed by atoms with Gasteiger partial charge in [-0.1, -0.05) is 5.16 Å². The summed E-state index contributed by atoms with van der Waals surface area (Å²) in [6, 6.07) is 11.3. The topological polar surface area (TPSA) is 101 Å². The first kappa shape index (κ1) is 13.3. The summed E-state index contributed by atoms with van der Waals surface area (Å²) in [6.45, 7) is 0.191. The second kappa shape index (κ2) is 5.09. The largest absolute Gasteiger partial charge is 0.454 e. The van der Waals surface area contributed by atoms with Crippen LogP contribution >= 0.6 is 0 Å². The lowest BCUT2D eigenvalue weighted by molar-refractivity contribution is -0.384. The third kappa shape index (κ3) is 2.35. The van der Waals surface area contributed by atoms with Gasteiger partial charge >= 0.3 is 0 Å². The summed E-state index contributed by atoms with van der Waals surface area (Å²) < 4.78 is 15.8. The molecule has 0 N–H and O–H groups in total. The Hall–Kier alpha value is -3.42. The highest BCUT2D eigenvalue weighted by molar-refractivity contribution is 5.63. The van der Waals surface area contributed by atoms with Crippen LogP contribution in [0.2, 0.25) is 0 Å². The Kier molecular flexibility index (Phi) is 2.94. The van der Waals surface area contributed by atoms with E-state index in [0.717, 1.165) is 0 Å². The van der Waals surface area contributed by atoms with Crippen molar-refractivity contribution in [2.45, 2.75) is 0 Å². The summed E-state index contributed by atoms with van der Waals surface area (Å²) in [4.78, 5) is 14.5. The van der Waals surface area contributed by atoms with E-state index in [1.165, 1.54) is 12.1 Å². The van der Waals surface area contributed by atoms with Crippen molar-refractivity contribution in [3.05, 3.63) is 52.6 Å². The molecule has 2 heterocycles. The van der Waals surface area contributed by atoms with E-state index in [9.17, 15) is 10.1 Å². The van der Waals surface area contributed by atoms with Crippen molar-refractivity contribution < 1.29 is 18.9 Å². The van der Waals surface area contributed by atoms with Gasteiger partial charge in [0.1, 0.15) is 0 Å². The Morgan fingerprint density at radius 2 is 1.74 bits per heavy atom. The zero-order valence-electron chi connectivity index (χ0n) is 11.6. The molecule has 2 aromatic carbocycles. The number of ether oxygens (including phenoxy) is 2. The maximum atomic E-state index is 10.7. The predicted molar refractivity (Wildman–Crippen MR) is 77.9 cm³/mol. The van der Waals surface area contributed by atoms with Crippen LogP contribution in [0.5, 0.6) is 11.5 Å². The number of aromatic nitrogens is 2. The highest BCUT2D eigenvalue weighted by atomic mass is 16.7. The second-order valence-corrected chi connectivity index (χ2v) is 4.80. The van der Waals surface area contributed by atoms with E-state index in [1.54, 1.807) is 30.3 Å². The monoisotopic (exact) mass is 311 g/mol. The van der Waals surface area contributed by atoms with Crippen molar-refractivity contribution in [2.24, 2.45) is 0 Å². The molecule has 0 aliphatic carbocycles. The molecule has 8 nitrogen and oxygen atoms in total. The van der Waals surface area contributed by atoms with Crippen LogP contribution in [0.4, 0.5) is 5.69 Å². The number of hydrogen-bond donors (Lipinski definition) is 0. The van der Waals surface area contributed by atoms with Crippen LogP contribution in [-0.4, -0.2) is 21.9 Å². The molecule has 1 aliphatic rings. The molecule has 3 aromatic rings. The van der Waals surface area contributed by atoms with Gasteiger partial charge < -0.3 is 14.0 Å². The zero-order valence-corrected chi connectivity index (χ0v) is 11.6. The number of fused-ring (bicyclic) bond motifs is 1. The molecule has 0 fully saturated rings. The molecule has 0 saturated heterocycles. The van der Waals surface area contributed by atoms with Gasteiger partial charge in [0.2, 0.25) is 12.6 Å². The number of benzene rings is 2. The van der Waals surface area contributed by atoms with Crippen molar-refractivity contribution in [3.8, 4) is 34.3 Å². The van der Waals surface area contributed by atoms with E-state index in [4.69, 9.17) is 14.0 Å². The molecule has 4 rings (SSSR count). The summed E-state index contributed by atoms with van der Waals surface area (Å²) in [5.74, 6) is 1.98. The molecular formula is C15H9N3O5. The predicted octanol–water partition coefficient (Wildman–Crippen LogP) is 3.04. The smallest absolute Gasteiger partial charge is 0.269 e. The maximum absolute atomic E-state index is 10.7. The molecule has 1 aliphatic heterocycles. The summed E-state index contributed by atoms with van der Waals surface area (Å²) in [5.41, 5.74) is 1.34. The fourth-order valence-electron chi connectivity index (χ4n) is 2.22. The lowest BCUT2D eigenvalue weighted by Crippen LogP contribution is -1.92. The molecule has 0 radical (unpaired) electrons. The van der Waals surface area contributed by atoms with E-state index < -0.39 is 4.92 Å². The SMILES string of the molecule is O=[N+]([O-])c1ccc(-c2noc(-c3ccc4c(c3)OCO4)n2)cc1. The highest BCUT2D eigenvalue weighted by Gasteiger charge is 2.17. The van der Waals surface area contributed by atoms with Crippen molar-refractivity contribution in [3.63, 3.8) is 0 Å². The Morgan fingerprint density at radius 3 is 2.52 bits per heavy atom. The third-order valence-corrected chi connectivity index (χ3v) is 3.38. The van der Waals surface area contributed by atoms with Gasteiger partial charge in [-0.3, -0.25) is 10.1 Å². The zero-order chi connectivity index (χ0) is 15.8. The Bertz CT molecular complexity index is 888. The molecule has 0 unspecified atom stereocenters. The van der Waals surface area contributed by atoms with Crippen LogP contribution in [-0.2, 0) is 0 Å². The van der Waals surface area contributed by atoms with E-state index in [1.807, 2.05) is 0 Å². The number of nitro benzene ring substituents is 1. The van der Waals surface area contributed by atoms with Crippen LogP contribution in [0.25, 0.3) is 22.8 Å². The standard InChI is InChI=1S/C15H9N3O5/c19-18(20)11-4-1-9(2-5-11)14-16-15(23-17-14)10-3-6-12-13(7-10)22-8-21-12/h1-7H,8H2. The number of rotatable bonds is 3. The van der Waals surface area contributed by atoms with E-state index in [-0.39, 0.29) is 12.5 Å². The normalized spacial score (nSPS) is 12.3. The minimum Gasteiger partial charge on any atom is -0.454 e. The van der Waals surface area contributed by atoms with Crippen molar-refractivity contribution in [1.29, 1.82) is 0 Å². The fraction of sp³-hybridized carbons (Fsp3) is 0.0667. The first-order valence-corrected chi connectivity index (χ1v) is 6.69. The number of nitro groups is 1. The molecule has 0 bridgehead atoms. The summed E-state index contributed by atoms with van der Waals surface area (Å²) in [7, 11) is 0. The van der Waals surface area contributed by atoms with Crippen LogP contribution in [0.3, 0.4) is 0 Å². The van der Waals surface area contributed by atoms with Gasteiger partial charge in [0, 0.05) is 23.3 Å². The Labute approximate surface area is 129 Å². The van der Waals surface area contributed by atoms with Gasteiger partial charge in [-0.25, -0.2) is 0 Å². The van der Waals surface area contributed by atoms with Gasteiger partial charge in [0.25, 0.3) is 11.6 Å². The van der Waals surface area contributed by atoms with Crippen LogP contribution in [0.1, 0.15) is 0 Å². The average molecular weight is 311 g/mol. The molecular weight excluding hydrogens is 302 g/mol. The number of non-ortho nitro benzene ring substituents is 1. The number of hydrogen-bond acceptors (Lipinski definition) is 7. The van der Waals surface area contributed by atoms with Gasteiger partial charge in [0.15, 0.2) is 11.5 Å². The Balaban J connectivity index is 1.65. The molecule has 0 amide bonds. The summed E-state index contributed by atoms with van der Waals surface area (Å²) in [6.07, 6.45) is 0. The van der Waals surface area contributed by atoms with E-state index >= 15 is 0 Å². The average Bonchev–Trinajstić information content (AvgIpc) is 3.23. The minimum atomic E-state index is -0.460.